The second-order valence-electron chi connectivity index (χ2n) is 10.9. The van der Waals surface area contributed by atoms with Gasteiger partial charge in [-0.3, -0.25) is 9.80 Å². The molecule has 2 aliphatic rings. The van der Waals surface area contributed by atoms with Gasteiger partial charge in [0.2, 0.25) is 0 Å². The maximum absolute atomic E-state index is 2.49. The summed E-state index contributed by atoms with van der Waals surface area (Å²) in [6.45, 7) is 4.69. The maximum Gasteiger partial charge on any atom is 0.173 e. The highest BCUT2D eigenvalue weighted by Crippen LogP contribution is 2.30. The molecule has 2 atom stereocenters. The summed E-state index contributed by atoms with van der Waals surface area (Å²) in [4.78, 5) is 4.98. The second-order valence-corrected chi connectivity index (χ2v) is 10.9. The molecule has 0 radical (unpaired) electrons. The zero-order valence-corrected chi connectivity index (χ0v) is 26.7. The molecule has 4 nitrogen and oxygen atoms in total. The van der Waals surface area contributed by atoms with Crippen LogP contribution in [0, 0.1) is 0 Å². The zero-order valence-electron chi connectivity index (χ0n) is 23.5. The summed E-state index contributed by atoms with van der Waals surface area (Å²) in [6.07, 6.45) is 30.8. The van der Waals surface area contributed by atoms with Gasteiger partial charge in [0.1, 0.15) is 13.1 Å². The summed E-state index contributed by atoms with van der Waals surface area (Å²) in [7, 11) is 4.51. The van der Waals surface area contributed by atoms with Crippen LogP contribution in [0.2, 0.25) is 0 Å². The van der Waals surface area contributed by atoms with E-state index in [0.29, 0.717) is 12.1 Å². The standard InChI is InChI=1S/C32H48N4.2BrH/c1-33-21-15-19-31(33)29-17-13-25-35(27-29)23-11-9-7-5-3-4-6-8-10-12-24-36-26-14-18-30(28-36)32-20-16-22-34(32)2;;/h3-6,13-14,17-18,25-28,31-32H,7-12,15-16,19-24H2,1-2H3;2*1H/q+2;;/p-2/b5-3-,6-4+;;/t31-,32-;;/m0../s1. The van der Waals surface area contributed by atoms with Gasteiger partial charge in [0.25, 0.3) is 0 Å². The lowest BCUT2D eigenvalue weighted by Gasteiger charge is -2.18. The molecule has 0 aromatic carbocycles. The minimum atomic E-state index is 0. The molecule has 0 unspecified atom stereocenters. The van der Waals surface area contributed by atoms with Gasteiger partial charge >= 0.3 is 0 Å². The van der Waals surface area contributed by atoms with Gasteiger partial charge in [-0.05, 0) is 90.7 Å². The highest BCUT2D eigenvalue weighted by atomic mass is 79.9. The van der Waals surface area contributed by atoms with Crippen LogP contribution >= 0.6 is 0 Å². The van der Waals surface area contributed by atoms with Gasteiger partial charge in [-0.1, -0.05) is 24.3 Å². The van der Waals surface area contributed by atoms with Crippen molar-refractivity contribution in [3.63, 3.8) is 0 Å². The van der Waals surface area contributed by atoms with Crippen LogP contribution in [0.4, 0.5) is 0 Å². The minimum Gasteiger partial charge on any atom is -1.00 e. The Kier molecular flexibility index (Phi) is 15.6. The Bertz CT molecular complexity index is 913. The normalized spacial score (nSPS) is 20.3. The molecule has 0 saturated carbocycles. The maximum atomic E-state index is 2.49. The molecule has 0 N–H and O–H groups in total. The first-order valence-electron chi connectivity index (χ1n) is 14.4. The predicted molar refractivity (Wildman–Crippen MR) is 148 cm³/mol. The van der Waals surface area contributed by atoms with Crippen LogP contribution in [0.5, 0.6) is 0 Å². The minimum absolute atomic E-state index is 0. The Labute approximate surface area is 253 Å². The third kappa shape index (κ3) is 10.3. The monoisotopic (exact) mass is 646 g/mol. The van der Waals surface area contributed by atoms with E-state index < -0.39 is 0 Å². The fourth-order valence-corrected chi connectivity index (χ4v) is 5.88. The molecule has 210 valence electrons. The highest BCUT2D eigenvalue weighted by molar-refractivity contribution is 5.13. The van der Waals surface area contributed by atoms with Crippen LogP contribution in [0.1, 0.15) is 87.4 Å². The third-order valence-electron chi connectivity index (χ3n) is 8.03. The molecule has 0 amide bonds. The van der Waals surface area contributed by atoms with Crippen molar-refractivity contribution in [2.75, 3.05) is 27.2 Å². The molecule has 2 saturated heterocycles. The van der Waals surface area contributed by atoms with E-state index in [2.05, 4.69) is 106 Å². The molecule has 2 aromatic rings. The molecule has 0 aliphatic carbocycles. The summed E-state index contributed by atoms with van der Waals surface area (Å²) in [6, 6.07) is 10.3. The molecular weight excluding hydrogens is 600 g/mol. The third-order valence-corrected chi connectivity index (χ3v) is 8.03. The number of rotatable bonds is 13. The van der Waals surface area contributed by atoms with Crippen LogP contribution in [0.15, 0.2) is 73.4 Å². The first kappa shape index (κ1) is 32.9. The Hall–Kier alpha value is -1.34. The number of hydrogen-bond donors (Lipinski definition) is 0. The van der Waals surface area contributed by atoms with Crippen LogP contribution in [-0.2, 0) is 13.1 Å². The van der Waals surface area contributed by atoms with Crippen molar-refractivity contribution in [1.82, 2.24) is 9.80 Å². The fourth-order valence-electron chi connectivity index (χ4n) is 5.88. The zero-order chi connectivity index (χ0) is 25.0. The summed E-state index contributed by atoms with van der Waals surface area (Å²) < 4.78 is 4.76. The van der Waals surface area contributed by atoms with Crippen LogP contribution in [-0.4, -0.2) is 37.0 Å². The van der Waals surface area contributed by atoms with Crippen molar-refractivity contribution < 1.29 is 43.1 Å². The molecule has 4 rings (SSSR count). The van der Waals surface area contributed by atoms with Gasteiger partial charge in [0, 0.05) is 48.2 Å². The van der Waals surface area contributed by atoms with Crippen molar-refractivity contribution in [1.29, 1.82) is 0 Å². The Balaban J connectivity index is 0.00000253. The SMILES string of the molecule is CN1CCC[C@H]1c1ccc[n+](CCCC/C=C\C=C\CCCC[n+]2cccc([C@@H]3CCCN3C)c2)c1.[Br-].[Br-]. The summed E-state index contributed by atoms with van der Waals surface area (Å²) in [5, 5.41) is 0. The number of unbranched alkanes of at least 4 members (excludes halogenated alkanes) is 4. The molecule has 2 aromatic heterocycles. The number of halogens is 2. The molecule has 0 spiro atoms. The van der Waals surface area contributed by atoms with E-state index in [4.69, 9.17) is 0 Å². The van der Waals surface area contributed by atoms with Crippen LogP contribution < -0.4 is 43.1 Å². The van der Waals surface area contributed by atoms with E-state index in [1.54, 1.807) is 0 Å². The largest absolute Gasteiger partial charge is 1.00 e. The smallest absolute Gasteiger partial charge is 0.173 e. The van der Waals surface area contributed by atoms with Gasteiger partial charge in [0.15, 0.2) is 24.8 Å². The quantitative estimate of drug-likeness (QED) is 0.172. The van der Waals surface area contributed by atoms with Gasteiger partial charge in [0.05, 0.1) is 0 Å². The van der Waals surface area contributed by atoms with E-state index in [1.165, 1.54) is 88.4 Å². The van der Waals surface area contributed by atoms with E-state index in [9.17, 15) is 0 Å². The average molecular weight is 649 g/mol. The Morgan fingerprint density at radius 2 is 1.16 bits per heavy atom. The number of hydrogen-bond acceptors (Lipinski definition) is 2. The molecular formula is C32H48Br2N4. The van der Waals surface area contributed by atoms with E-state index >= 15 is 0 Å². The molecule has 6 heteroatoms. The van der Waals surface area contributed by atoms with E-state index in [1.807, 2.05) is 0 Å². The number of aromatic nitrogens is 2. The topological polar surface area (TPSA) is 14.2 Å². The van der Waals surface area contributed by atoms with Crippen molar-refractivity contribution in [3.8, 4) is 0 Å². The summed E-state index contributed by atoms with van der Waals surface area (Å²) in [5.74, 6) is 0. The lowest BCUT2D eigenvalue weighted by molar-refractivity contribution is -0.698. The lowest BCUT2D eigenvalue weighted by atomic mass is 10.1. The number of allylic oxidation sites excluding steroid dienone is 4. The molecule has 0 bridgehead atoms. The number of likely N-dealkylation sites (tertiary alicyclic amines) is 2. The van der Waals surface area contributed by atoms with Gasteiger partial charge < -0.3 is 34.0 Å². The predicted octanol–water partition coefficient (Wildman–Crippen LogP) is -0.0438. The average Bonchev–Trinajstić information content (AvgIpc) is 3.53. The van der Waals surface area contributed by atoms with Gasteiger partial charge in [-0.25, -0.2) is 9.13 Å². The van der Waals surface area contributed by atoms with Crippen molar-refractivity contribution in [3.05, 3.63) is 84.5 Å². The van der Waals surface area contributed by atoms with Crippen molar-refractivity contribution in [2.45, 2.75) is 89.4 Å². The van der Waals surface area contributed by atoms with E-state index in [-0.39, 0.29) is 34.0 Å². The lowest BCUT2D eigenvalue weighted by Crippen LogP contribution is -3.00. The summed E-state index contributed by atoms with van der Waals surface area (Å²) >= 11 is 0. The number of nitrogens with zero attached hydrogens (tertiary/aromatic N) is 4. The summed E-state index contributed by atoms with van der Waals surface area (Å²) in [5.41, 5.74) is 2.96. The Morgan fingerprint density at radius 1 is 0.711 bits per heavy atom. The van der Waals surface area contributed by atoms with Gasteiger partial charge in [-0.15, -0.1) is 0 Å². The van der Waals surface area contributed by atoms with Gasteiger partial charge in [-0.2, -0.15) is 0 Å². The molecule has 2 fully saturated rings. The fraction of sp³-hybridized carbons (Fsp3) is 0.562. The van der Waals surface area contributed by atoms with Crippen LogP contribution in [0.3, 0.4) is 0 Å². The molecule has 2 aliphatic heterocycles. The van der Waals surface area contributed by atoms with E-state index in [0.717, 1.165) is 13.1 Å². The Morgan fingerprint density at radius 3 is 1.55 bits per heavy atom. The van der Waals surface area contributed by atoms with Crippen LogP contribution in [0.25, 0.3) is 0 Å². The number of pyridine rings is 2. The number of aryl methyl sites for hydroxylation is 2. The first-order chi connectivity index (χ1) is 17.7. The molecule has 38 heavy (non-hydrogen) atoms. The molecule has 4 heterocycles. The first-order valence-corrected chi connectivity index (χ1v) is 14.4. The van der Waals surface area contributed by atoms with Crippen molar-refractivity contribution >= 4 is 0 Å². The highest BCUT2D eigenvalue weighted by Gasteiger charge is 2.25. The van der Waals surface area contributed by atoms with Crippen molar-refractivity contribution in [2.24, 2.45) is 0 Å². The second kappa shape index (κ2) is 18.1.